The highest BCUT2D eigenvalue weighted by Crippen LogP contribution is 2.43. The monoisotopic (exact) mass is 784 g/mol. The second-order valence-corrected chi connectivity index (χ2v) is 17.9. The molecular weight excluding hydrogens is 695 g/mol. The van der Waals surface area contributed by atoms with Crippen LogP contribution in [-0.4, -0.2) is 73.4 Å². The lowest BCUT2D eigenvalue weighted by Crippen LogP contribution is -2.45. The maximum atomic E-state index is 12.4. The topological polar surface area (TPSA) is 105 Å². The third-order valence-corrected chi connectivity index (χ3v) is 10.8. The van der Waals surface area contributed by atoms with Crippen molar-refractivity contribution in [1.29, 1.82) is 0 Å². The van der Waals surface area contributed by atoms with Gasteiger partial charge in [0, 0.05) is 6.42 Å². The summed E-state index contributed by atoms with van der Waals surface area (Å²) in [6, 6.07) is -0.862. The normalized spacial score (nSPS) is 14.7. The molecule has 3 atom stereocenters. The second kappa shape index (κ2) is 37.3. The van der Waals surface area contributed by atoms with Crippen LogP contribution in [0.25, 0.3) is 0 Å². The van der Waals surface area contributed by atoms with E-state index < -0.39 is 20.0 Å². The van der Waals surface area contributed by atoms with E-state index in [9.17, 15) is 19.4 Å². The van der Waals surface area contributed by atoms with Gasteiger partial charge in [0.2, 0.25) is 5.91 Å². The minimum absolute atomic E-state index is 0.0523. The SMILES string of the molecule is CCCCCCCCCCCCCCCCCCCCCC/C=C/CC/C=C/CC/C=C/C(O)C(COP(=O)(O)OCC[N+](C)(C)C)NC(=O)CCCC. The number of unbranched alkanes of at least 4 members (excludes halogenated alkanes) is 23. The van der Waals surface area contributed by atoms with Crippen LogP contribution in [0.3, 0.4) is 0 Å². The van der Waals surface area contributed by atoms with Gasteiger partial charge in [0.25, 0.3) is 0 Å². The summed E-state index contributed by atoms with van der Waals surface area (Å²) >= 11 is 0. The number of aliphatic hydroxyl groups excluding tert-OH is 1. The van der Waals surface area contributed by atoms with Crippen molar-refractivity contribution < 1.29 is 32.9 Å². The van der Waals surface area contributed by atoms with E-state index in [2.05, 4.69) is 36.5 Å². The van der Waals surface area contributed by atoms with Gasteiger partial charge in [-0.05, 0) is 44.9 Å². The Hall–Kier alpha value is -1.28. The highest BCUT2D eigenvalue weighted by molar-refractivity contribution is 7.47. The number of amides is 1. The molecule has 0 saturated heterocycles. The van der Waals surface area contributed by atoms with Crippen LogP contribution in [0.1, 0.15) is 194 Å². The van der Waals surface area contributed by atoms with Crippen molar-refractivity contribution >= 4 is 13.7 Å². The first-order valence-corrected chi connectivity index (χ1v) is 23.9. The molecule has 0 fully saturated rings. The van der Waals surface area contributed by atoms with E-state index >= 15 is 0 Å². The van der Waals surface area contributed by atoms with E-state index in [1.165, 1.54) is 135 Å². The first-order chi connectivity index (χ1) is 26.0. The number of hydrogen-bond donors (Lipinski definition) is 3. The van der Waals surface area contributed by atoms with Gasteiger partial charge < -0.3 is 19.8 Å². The molecule has 0 aromatic carbocycles. The van der Waals surface area contributed by atoms with Gasteiger partial charge in [-0.25, -0.2) is 4.57 Å². The highest BCUT2D eigenvalue weighted by atomic mass is 31.2. The van der Waals surface area contributed by atoms with Crippen molar-refractivity contribution in [2.75, 3.05) is 40.9 Å². The Kier molecular flexibility index (Phi) is 36.4. The highest BCUT2D eigenvalue weighted by Gasteiger charge is 2.27. The summed E-state index contributed by atoms with van der Waals surface area (Å²) in [5.74, 6) is -0.227. The van der Waals surface area contributed by atoms with Crippen molar-refractivity contribution in [1.82, 2.24) is 5.32 Å². The molecule has 0 aliphatic rings. The van der Waals surface area contributed by atoms with Crippen LogP contribution >= 0.6 is 7.82 Å². The minimum Gasteiger partial charge on any atom is -0.387 e. The smallest absolute Gasteiger partial charge is 0.387 e. The van der Waals surface area contributed by atoms with Gasteiger partial charge >= 0.3 is 7.82 Å². The average Bonchev–Trinajstić information content (AvgIpc) is 3.12. The lowest BCUT2D eigenvalue weighted by molar-refractivity contribution is -0.870. The molecule has 0 aromatic rings. The largest absolute Gasteiger partial charge is 0.472 e. The van der Waals surface area contributed by atoms with Gasteiger partial charge in [-0.2, -0.15) is 0 Å². The number of nitrogens with zero attached hydrogens (tertiary/aromatic N) is 1. The van der Waals surface area contributed by atoms with Crippen LogP contribution in [-0.2, 0) is 18.4 Å². The summed E-state index contributed by atoms with van der Waals surface area (Å²) in [6.45, 7) is 4.53. The fourth-order valence-corrected chi connectivity index (χ4v) is 6.96. The molecule has 318 valence electrons. The molecule has 54 heavy (non-hydrogen) atoms. The Morgan fingerprint density at radius 3 is 1.46 bits per heavy atom. The molecule has 3 unspecified atom stereocenters. The predicted molar refractivity (Wildman–Crippen MR) is 231 cm³/mol. The Morgan fingerprint density at radius 1 is 0.611 bits per heavy atom. The van der Waals surface area contributed by atoms with Gasteiger partial charge in [0.15, 0.2) is 0 Å². The number of nitrogens with one attached hydrogen (secondary N) is 1. The van der Waals surface area contributed by atoms with Gasteiger partial charge in [-0.3, -0.25) is 13.8 Å². The molecule has 0 heterocycles. The molecular formula is C45H88N2O6P+. The number of likely N-dealkylation sites (N-methyl/N-ethyl adjacent to an activating group) is 1. The summed E-state index contributed by atoms with van der Waals surface area (Å²) < 4.78 is 23.2. The molecule has 8 nitrogen and oxygen atoms in total. The summed E-state index contributed by atoms with van der Waals surface area (Å²) in [4.78, 5) is 22.4. The summed E-state index contributed by atoms with van der Waals surface area (Å²) in [5, 5.41) is 13.5. The van der Waals surface area contributed by atoms with Crippen molar-refractivity contribution in [2.45, 2.75) is 206 Å². The average molecular weight is 784 g/mol. The van der Waals surface area contributed by atoms with Crippen LogP contribution in [0.4, 0.5) is 0 Å². The lowest BCUT2D eigenvalue weighted by Gasteiger charge is -2.25. The van der Waals surface area contributed by atoms with E-state index in [4.69, 9.17) is 9.05 Å². The molecule has 0 aliphatic carbocycles. The van der Waals surface area contributed by atoms with Crippen LogP contribution in [0.5, 0.6) is 0 Å². The number of aliphatic hydroxyl groups is 1. The Labute approximate surface area is 334 Å². The van der Waals surface area contributed by atoms with E-state index in [-0.39, 0.29) is 19.1 Å². The molecule has 0 radical (unpaired) electrons. The number of allylic oxidation sites excluding steroid dienone is 5. The molecule has 0 saturated carbocycles. The molecule has 0 spiro atoms. The van der Waals surface area contributed by atoms with Crippen molar-refractivity contribution in [3.63, 3.8) is 0 Å². The standard InChI is InChI=1S/C45H87N2O6P/c1-6-8-10-11-12-13-14-15-16-17-18-19-20-21-22-23-24-25-26-27-28-29-30-31-32-33-34-35-36-37-38-44(48)43(46-45(49)39-9-7-2)42-53-54(50,51)52-41-40-47(3,4)5/h29-30,33-34,37-38,43-44,48H,6-28,31-32,35-36,39-42H2,1-5H3,(H-,46,49,50,51)/p+1/b30-29+,34-33+,38-37+. The van der Waals surface area contributed by atoms with Crippen LogP contribution in [0.2, 0.25) is 0 Å². The van der Waals surface area contributed by atoms with Gasteiger partial charge in [-0.1, -0.05) is 179 Å². The zero-order chi connectivity index (χ0) is 40.0. The Balaban J connectivity index is 3.91. The van der Waals surface area contributed by atoms with Gasteiger partial charge in [-0.15, -0.1) is 0 Å². The predicted octanol–water partition coefficient (Wildman–Crippen LogP) is 12.3. The number of phosphoric ester groups is 1. The van der Waals surface area contributed by atoms with Crippen molar-refractivity contribution in [3.05, 3.63) is 36.5 Å². The third kappa shape index (κ3) is 39.0. The van der Waals surface area contributed by atoms with Crippen molar-refractivity contribution in [2.24, 2.45) is 0 Å². The zero-order valence-electron chi connectivity index (χ0n) is 36.0. The molecule has 1 amide bonds. The van der Waals surface area contributed by atoms with E-state index in [1.54, 1.807) is 6.08 Å². The second-order valence-electron chi connectivity index (χ2n) is 16.4. The molecule has 9 heteroatoms. The van der Waals surface area contributed by atoms with E-state index in [1.807, 2.05) is 34.1 Å². The van der Waals surface area contributed by atoms with Crippen molar-refractivity contribution in [3.8, 4) is 0 Å². The Bertz CT molecular complexity index is 980. The quantitative estimate of drug-likeness (QED) is 0.0247. The zero-order valence-corrected chi connectivity index (χ0v) is 36.9. The number of quaternary nitrogens is 1. The summed E-state index contributed by atoms with van der Waals surface area (Å²) in [6.07, 6.45) is 46.5. The minimum atomic E-state index is -4.32. The number of carbonyl (C=O) groups excluding carboxylic acids is 1. The van der Waals surface area contributed by atoms with E-state index in [0.717, 1.165) is 38.5 Å². The van der Waals surface area contributed by atoms with Gasteiger partial charge in [0.1, 0.15) is 13.2 Å². The first-order valence-electron chi connectivity index (χ1n) is 22.4. The first kappa shape index (κ1) is 52.7. The molecule has 0 rings (SSSR count). The third-order valence-electron chi connectivity index (χ3n) is 9.84. The number of phosphoric acid groups is 1. The maximum absolute atomic E-state index is 12.4. The maximum Gasteiger partial charge on any atom is 0.472 e. The van der Waals surface area contributed by atoms with E-state index in [0.29, 0.717) is 17.4 Å². The van der Waals surface area contributed by atoms with Crippen LogP contribution in [0, 0.1) is 0 Å². The molecule has 0 bridgehead atoms. The Morgan fingerprint density at radius 2 is 1.02 bits per heavy atom. The van der Waals surface area contributed by atoms with Crippen LogP contribution < -0.4 is 5.32 Å². The van der Waals surface area contributed by atoms with Gasteiger partial charge in [0.05, 0.1) is 39.9 Å². The number of hydrogen-bond acceptors (Lipinski definition) is 5. The van der Waals surface area contributed by atoms with Crippen LogP contribution in [0.15, 0.2) is 36.5 Å². The molecule has 0 aromatic heterocycles. The lowest BCUT2D eigenvalue weighted by atomic mass is 10.0. The summed E-state index contributed by atoms with van der Waals surface area (Å²) in [5.41, 5.74) is 0. The fourth-order valence-electron chi connectivity index (χ4n) is 6.23. The fraction of sp³-hybridized carbons (Fsp3) is 0.844. The molecule has 3 N–H and O–H groups in total. The number of rotatable bonds is 40. The number of carbonyl (C=O) groups is 1. The summed E-state index contributed by atoms with van der Waals surface area (Å²) in [7, 11) is 1.54. The molecule has 0 aliphatic heterocycles.